The number of aliphatic imine (C=N–C) groups is 1. The lowest BCUT2D eigenvalue weighted by atomic mass is 10.2. The van der Waals surface area contributed by atoms with Gasteiger partial charge in [-0.1, -0.05) is 15.9 Å². The standard InChI is InChI=1S/C11H15BrN4/c1-7-6-8(12)2-5-10(7)15-11(16-13)14-9-3-4-9/h2,5-6,9H,3-4,13H2,1H3,(H2,14,15,16). The van der Waals surface area contributed by atoms with Crippen LogP contribution >= 0.6 is 15.9 Å². The predicted octanol–water partition coefficient (Wildman–Crippen LogP) is 2.15. The van der Waals surface area contributed by atoms with E-state index in [2.05, 4.69) is 31.7 Å². The number of anilines is 1. The molecule has 16 heavy (non-hydrogen) atoms. The minimum atomic E-state index is 0.439. The van der Waals surface area contributed by atoms with Gasteiger partial charge in [0.1, 0.15) is 0 Å². The van der Waals surface area contributed by atoms with Crippen molar-refractivity contribution in [3.63, 3.8) is 0 Å². The molecule has 1 aromatic carbocycles. The fourth-order valence-corrected chi connectivity index (χ4v) is 1.86. The molecule has 86 valence electrons. The molecule has 2 rings (SSSR count). The van der Waals surface area contributed by atoms with Crippen molar-refractivity contribution in [3.8, 4) is 0 Å². The van der Waals surface area contributed by atoms with Gasteiger partial charge in [-0.3, -0.25) is 5.43 Å². The van der Waals surface area contributed by atoms with Gasteiger partial charge in [-0.05, 0) is 43.5 Å². The molecule has 0 unspecified atom stereocenters. The van der Waals surface area contributed by atoms with Crippen LogP contribution in [-0.4, -0.2) is 12.0 Å². The molecule has 0 bridgehead atoms. The third-order valence-corrected chi connectivity index (χ3v) is 2.93. The first-order valence-electron chi connectivity index (χ1n) is 5.26. The van der Waals surface area contributed by atoms with E-state index in [-0.39, 0.29) is 0 Å². The number of hydrogen-bond acceptors (Lipinski definition) is 2. The SMILES string of the molecule is Cc1cc(Br)ccc1NC(=NC1CC1)NN. The minimum absolute atomic E-state index is 0.439. The summed E-state index contributed by atoms with van der Waals surface area (Å²) in [5.74, 6) is 6.06. The van der Waals surface area contributed by atoms with Crippen molar-refractivity contribution in [2.75, 3.05) is 5.32 Å². The number of aryl methyl sites for hydroxylation is 1. The van der Waals surface area contributed by atoms with Crippen LogP contribution in [0.25, 0.3) is 0 Å². The van der Waals surface area contributed by atoms with E-state index in [1.54, 1.807) is 0 Å². The molecule has 0 spiro atoms. The molecule has 1 aliphatic carbocycles. The number of nitrogens with zero attached hydrogens (tertiary/aromatic N) is 1. The molecule has 0 radical (unpaired) electrons. The van der Waals surface area contributed by atoms with E-state index in [1.807, 2.05) is 25.1 Å². The summed E-state index contributed by atoms with van der Waals surface area (Å²) >= 11 is 3.43. The Hall–Kier alpha value is -1.07. The summed E-state index contributed by atoms with van der Waals surface area (Å²) < 4.78 is 1.07. The van der Waals surface area contributed by atoms with Crippen LogP contribution in [-0.2, 0) is 0 Å². The van der Waals surface area contributed by atoms with Crippen molar-refractivity contribution in [2.24, 2.45) is 10.8 Å². The fraction of sp³-hybridized carbons (Fsp3) is 0.364. The number of rotatable bonds is 2. The van der Waals surface area contributed by atoms with Crippen molar-refractivity contribution in [1.82, 2.24) is 5.43 Å². The number of guanidine groups is 1. The fourth-order valence-electron chi connectivity index (χ4n) is 1.39. The van der Waals surface area contributed by atoms with Gasteiger partial charge in [0.05, 0.1) is 6.04 Å². The molecule has 0 heterocycles. The maximum Gasteiger partial charge on any atom is 0.210 e. The second-order valence-electron chi connectivity index (χ2n) is 3.94. The Labute approximate surface area is 103 Å². The topological polar surface area (TPSA) is 62.4 Å². The van der Waals surface area contributed by atoms with Crippen LogP contribution in [0.2, 0.25) is 0 Å². The van der Waals surface area contributed by atoms with Crippen LogP contribution in [0, 0.1) is 6.92 Å². The van der Waals surface area contributed by atoms with Crippen molar-refractivity contribution in [3.05, 3.63) is 28.2 Å². The van der Waals surface area contributed by atoms with E-state index >= 15 is 0 Å². The quantitative estimate of drug-likeness (QED) is 0.337. The zero-order chi connectivity index (χ0) is 11.5. The molecule has 4 N–H and O–H groups in total. The van der Waals surface area contributed by atoms with Crippen LogP contribution in [0.4, 0.5) is 5.69 Å². The number of benzene rings is 1. The lowest BCUT2D eigenvalue weighted by molar-refractivity contribution is 0.965. The van der Waals surface area contributed by atoms with E-state index in [0.29, 0.717) is 12.0 Å². The molecule has 5 heteroatoms. The molecule has 4 nitrogen and oxygen atoms in total. The Morgan fingerprint density at radius 2 is 2.25 bits per heavy atom. The van der Waals surface area contributed by atoms with Gasteiger partial charge in [-0.2, -0.15) is 0 Å². The molecule has 1 saturated carbocycles. The monoisotopic (exact) mass is 282 g/mol. The highest BCUT2D eigenvalue weighted by Gasteiger charge is 2.21. The van der Waals surface area contributed by atoms with Gasteiger partial charge in [0.25, 0.3) is 0 Å². The van der Waals surface area contributed by atoms with Gasteiger partial charge in [0.15, 0.2) is 0 Å². The Balaban J connectivity index is 2.12. The number of halogens is 1. The van der Waals surface area contributed by atoms with Gasteiger partial charge >= 0.3 is 0 Å². The molecule has 0 aliphatic heterocycles. The van der Waals surface area contributed by atoms with Crippen molar-refractivity contribution in [2.45, 2.75) is 25.8 Å². The van der Waals surface area contributed by atoms with Crippen molar-refractivity contribution >= 4 is 27.6 Å². The van der Waals surface area contributed by atoms with Gasteiger partial charge in [0.2, 0.25) is 5.96 Å². The van der Waals surface area contributed by atoms with Gasteiger partial charge in [-0.25, -0.2) is 10.8 Å². The van der Waals surface area contributed by atoms with E-state index < -0.39 is 0 Å². The summed E-state index contributed by atoms with van der Waals surface area (Å²) in [6.45, 7) is 2.04. The summed E-state index contributed by atoms with van der Waals surface area (Å²) in [7, 11) is 0. The largest absolute Gasteiger partial charge is 0.325 e. The smallest absolute Gasteiger partial charge is 0.210 e. The normalized spacial score (nSPS) is 16.1. The summed E-state index contributed by atoms with van der Waals surface area (Å²) in [4.78, 5) is 4.42. The molecular weight excluding hydrogens is 268 g/mol. The average molecular weight is 283 g/mol. The second-order valence-corrected chi connectivity index (χ2v) is 4.85. The van der Waals surface area contributed by atoms with E-state index in [0.717, 1.165) is 28.6 Å². The summed E-state index contributed by atoms with van der Waals surface area (Å²) in [5.41, 5.74) is 4.75. The first-order chi connectivity index (χ1) is 7.69. The summed E-state index contributed by atoms with van der Waals surface area (Å²) in [5, 5.41) is 3.19. The Morgan fingerprint density at radius 3 is 2.81 bits per heavy atom. The highest BCUT2D eigenvalue weighted by molar-refractivity contribution is 9.10. The molecule has 0 atom stereocenters. The van der Waals surface area contributed by atoms with Crippen molar-refractivity contribution in [1.29, 1.82) is 0 Å². The Kier molecular flexibility index (Phi) is 3.46. The predicted molar refractivity (Wildman–Crippen MR) is 70.3 cm³/mol. The first kappa shape index (κ1) is 11.4. The lowest BCUT2D eigenvalue weighted by Gasteiger charge is -2.11. The highest BCUT2D eigenvalue weighted by Crippen LogP contribution is 2.24. The van der Waals surface area contributed by atoms with Crippen LogP contribution in [0.1, 0.15) is 18.4 Å². The Bertz CT molecular complexity index is 412. The third-order valence-electron chi connectivity index (χ3n) is 2.44. The maximum atomic E-state index is 5.42. The zero-order valence-electron chi connectivity index (χ0n) is 9.13. The second kappa shape index (κ2) is 4.84. The molecule has 0 amide bonds. The van der Waals surface area contributed by atoms with Crippen LogP contribution in [0.15, 0.2) is 27.7 Å². The first-order valence-corrected chi connectivity index (χ1v) is 6.06. The van der Waals surface area contributed by atoms with Gasteiger partial charge < -0.3 is 5.32 Å². The van der Waals surface area contributed by atoms with Crippen LogP contribution in [0.5, 0.6) is 0 Å². The summed E-state index contributed by atoms with van der Waals surface area (Å²) in [6.07, 6.45) is 2.32. The van der Waals surface area contributed by atoms with Crippen LogP contribution < -0.4 is 16.6 Å². The molecule has 1 fully saturated rings. The lowest BCUT2D eigenvalue weighted by Crippen LogP contribution is -2.36. The molecule has 0 aromatic heterocycles. The molecule has 0 saturated heterocycles. The minimum Gasteiger partial charge on any atom is -0.325 e. The molecular formula is C11H15BrN4. The van der Waals surface area contributed by atoms with Crippen molar-refractivity contribution < 1.29 is 0 Å². The van der Waals surface area contributed by atoms with Gasteiger partial charge in [-0.15, -0.1) is 0 Å². The molecule has 1 aliphatic rings. The highest BCUT2D eigenvalue weighted by atomic mass is 79.9. The summed E-state index contributed by atoms with van der Waals surface area (Å²) in [6, 6.07) is 6.47. The maximum absolute atomic E-state index is 5.42. The number of hydrogen-bond donors (Lipinski definition) is 3. The van der Waals surface area contributed by atoms with Gasteiger partial charge in [0, 0.05) is 10.2 Å². The Morgan fingerprint density at radius 1 is 1.50 bits per heavy atom. The number of nitrogens with two attached hydrogens (primary N) is 1. The average Bonchev–Trinajstić information content (AvgIpc) is 3.04. The van der Waals surface area contributed by atoms with E-state index in [4.69, 9.17) is 5.84 Å². The van der Waals surface area contributed by atoms with Crippen LogP contribution in [0.3, 0.4) is 0 Å². The number of nitrogens with one attached hydrogen (secondary N) is 2. The van der Waals surface area contributed by atoms with E-state index in [9.17, 15) is 0 Å². The zero-order valence-corrected chi connectivity index (χ0v) is 10.7. The third kappa shape index (κ3) is 2.96. The molecule has 1 aromatic rings. The number of hydrazine groups is 1. The van der Waals surface area contributed by atoms with E-state index in [1.165, 1.54) is 0 Å².